The first-order valence-corrected chi connectivity index (χ1v) is 6.84. The van der Waals surface area contributed by atoms with Crippen LogP contribution in [0.3, 0.4) is 0 Å². The zero-order chi connectivity index (χ0) is 10.9. The van der Waals surface area contributed by atoms with Crippen molar-refractivity contribution in [3.63, 3.8) is 0 Å². The summed E-state index contributed by atoms with van der Waals surface area (Å²) in [7, 11) is 0. The maximum absolute atomic E-state index is 5.21. The largest absolute Gasteiger partial charge is 0.380 e. The summed E-state index contributed by atoms with van der Waals surface area (Å²) in [6, 6.07) is 0. The fraction of sp³-hybridized carbons (Fsp3) is 0.778. The minimum Gasteiger partial charge on any atom is -0.380 e. The van der Waals surface area contributed by atoms with Crippen molar-refractivity contribution in [1.29, 1.82) is 0 Å². The molecule has 1 aromatic heterocycles. The van der Waals surface area contributed by atoms with Gasteiger partial charge in [-0.25, -0.2) is 0 Å². The van der Waals surface area contributed by atoms with E-state index in [9.17, 15) is 0 Å². The van der Waals surface area contributed by atoms with Crippen LogP contribution in [0.1, 0.15) is 11.9 Å². The molecule has 6 heteroatoms. The van der Waals surface area contributed by atoms with E-state index in [0.29, 0.717) is 0 Å². The number of hydrogen-bond acceptors (Lipinski definition) is 6. The van der Waals surface area contributed by atoms with E-state index in [4.69, 9.17) is 4.74 Å². The lowest BCUT2D eigenvalue weighted by Crippen LogP contribution is -2.22. The molecule has 0 saturated carbocycles. The number of rotatable bonds is 8. The van der Waals surface area contributed by atoms with Crippen molar-refractivity contribution in [2.75, 3.05) is 32.1 Å². The number of thioether (sulfide) groups is 1. The summed E-state index contributed by atoms with van der Waals surface area (Å²) in [5.74, 6) is 1.03. The molecule has 0 atom stereocenters. The van der Waals surface area contributed by atoms with Gasteiger partial charge in [0.2, 0.25) is 0 Å². The van der Waals surface area contributed by atoms with Crippen LogP contribution in [0, 0.1) is 6.92 Å². The first kappa shape index (κ1) is 12.9. The van der Waals surface area contributed by atoms with E-state index >= 15 is 0 Å². The molecule has 0 aliphatic carbocycles. The molecule has 0 fully saturated rings. The lowest BCUT2D eigenvalue weighted by molar-refractivity contribution is 0.150. The third-order valence-corrected chi connectivity index (χ3v) is 3.61. The molecule has 0 bridgehead atoms. The van der Waals surface area contributed by atoms with Crippen molar-refractivity contribution in [3.8, 4) is 0 Å². The molecular weight excluding hydrogens is 230 g/mol. The average Bonchev–Trinajstić information content (AvgIpc) is 2.63. The third-order valence-electron chi connectivity index (χ3n) is 1.64. The second kappa shape index (κ2) is 8.04. The Morgan fingerprint density at radius 3 is 2.93 bits per heavy atom. The van der Waals surface area contributed by atoms with Crippen LogP contribution in [0.4, 0.5) is 0 Å². The second-order valence-corrected chi connectivity index (χ2v) is 5.41. The van der Waals surface area contributed by atoms with Gasteiger partial charge in [0.05, 0.1) is 6.61 Å². The number of nitrogens with zero attached hydrogens (tertiary/aromatic N) is 2. The molecule has 0 aliphatic rings. The van der Waals surface area contributed by atoms with Gasteiger partial charge in [-0.2, -0.15) is 0 Å². The summed E-state index contributed by atoms with van der Waals surface area (Å²) in [5, 5.41) is 12.3. The van der Waals surface area contributed by atoms with Gasteiger partial charge >= 0.3 is 0 Å². The van der Waals surface area contributed by atoms with Crippen LogP contribution in [0.2, 0.25) is 0 Å². The Bertz CT molecular complexity index is 268. The fourth-order valence-electron chi connectivity index (χ4n) is 0.961. The van der Waals surface area contributed by atoms with Gasteiger partial charge in [-0.1, -0.05) is 23.1 Å². The number of hydrogen-bond donors (Lipinski definition) is 1. The molecule has 86 valence electrons. The molecule has 1 aromatic rings. The van der Waals surface area contributed by atoms with Crippen molar-refractivity contribution in [3.05, 3.63) is 5.01 Å². The highest BCUT2D eigenvalue weighted by molar-refractivity contribution is 8.01. The molecule has 0 spiro atoms. The molecule has 1 heterocycles. The summed E-state index contributed by atoms with van der Waals surface area (Å²) < 4.78 is 6.27. The monoisotopic (exact) mass is 247 g/mol. The molecule has 0 aliphatic heterocycles. The summed E-state index contributed by atoms with van der Waals surface area (Å²) in [5.41, 5.74) is 0. The minimum absolute atomic E-state index is 0.791. The Balaban J connectivity index is 1.93. The van der Waals surface area contributed by atoms with E-state index in [2.05, 4.69) is 15.5 Å². The van der Waals surface area contributed by atoms with Crippen LogP contribution >= 0.6 is 23.1 Å². The quantitative estimate of drug-likeness (QED) is 0.558. The SMILES string of the molecule is CCOCCNCCSc1nnc(C)s1. The van der Waals surface area contributed by atoms with Crippen LogP contribution in [0.5, 0.6) is 0 Å². The predicted molar refractivity (Wildman–Crippen MR) is 64.7 cm³/mol. The van der Waals surface area contributed by atoms with Gasteiger partial charge in [0, 0.05) is 25.4 Å². The number of aryl methyl sites for hydroxylation is 1. The van der Waals surface area contributed by atoms with E-state index in [1.54, 1.807) is 23.1 Å². The summed E-state index contributed by atoms with van der Waals surface area (Å²) in [6.45, 7) is 7.47. The highest BCUT2D eigenvalue weighted by Crippen LogP contribution is 2.20. The van der Waals surface area contributed by atoms with E-state index in [1.807, 2.05) is 13.8 Å². The Hall–Kier alpha value is -0.170. The Kier molecular flexibility index (Phi) is 6.91. The molecule has 0 saturated heterocycles. The fourth-order valence-corrected chi connectivity index (χ4v) is 2.74. The van der Waals surface area contributed by atoms with Crippen molar-refractivity contribution >= 4 is 23.1 Å². The molecule has 0 aromatic carbocycles. The first-order chi connectivity index (χ1) is 7.33. The highest BCUT2D eigenvalue weighted by Gasteiger charge is 1.99. The van der Waals surface area contributed by atoms with Gasteiger partial charge in [-0.05, 0) is 13.8 Å². The van der Waals surface area contributed by atoms with Gasteiger partial charge in [-0.15, -0.1) is 10.2 Å². The second-order valence-electron chi connectivity index (χ2n) is 2.88. The Morgan fingerprint density at radius 2 is 2.27 bits per heavy atom. The topological polar surface area (TPSA) is 47.0 Å². The smallest absolute Gasteiger partial charge is 0.174 e. The van der Waals surface area contributed by atoms with Crippen molar-refractivity contribution < 1.29 is 4.74 Å². The van der Waals surface area contributed by atoms with E-state index < -0.39 is 0 Å². The van der Waals surface area contributed by atoms with E-state index in [-0.39, 0.29) is 0 Å². The van der Waals surface area contributed by atoms with Gasteiger partial charge < -0.3 is 10.1 Å². The van der Waals surface area contributed by atoms with Gasteiger partial charge in [-0.3, -0.25) is 0 Å². The maximum atomic E-state index is 5.21. The maximum Gasteiger partial charge on any atom is 0.174 e. The molecule has 15 heavy (non-hydrogen) atoms. The average molecular weight is 247 g/mol. The summed E-state index contributed by atoms with van der Waals surface area (Å²) in [4.78, 5) is 0. The molecular formula is C9H17N3OS2. The molecule has 0 radical (unpaired) electrons. The zero-order valence-electron chi connectivity index (χ0n) is 9.15. The van der Waals surface area contributed by atoms with Crippen molar-refractivity contribution in [2.24, 2.45) is 0 Å². The van der Waals surface area contributed by atoms with E-state index in [1.165, 1.54) is 0 Å². The summed E-state index contributed by atoms with van der Waals surface area (Å²) >= 11 is 3.39. The zero-order valence-corrected chi connectivity index (χ0v) is 10.8. The lowest BCUT2D eigenvalue weighted by Gasteiger charge is -2.03. The summed E-state index contributed by atoms with van der Waals surface area (Å²) in [6.07, 6.45) is 0. The number of aromatic nitrogens is 2. The molecule has 0 unspecified atom stereocenters. The Morgan fingerprint density at radius 1 is 1.40 bits per heavy atom. The molecule has 0 amide bonds. The van der Waals surface area contributed by atoms with Crippen LogP contribution in [0.15, 0.2) is 4.34 Å². The van der Waals surface area contributed by atoms with Crippen LogP contribution < -0.4 is 5.32 Å². The normalized spacial score (nSPS) is 10.8. The number of ether oxygens (including phenoxy) is 1. The minimum atomic E-state index is 0.791. The van der Waals surface area contributed by atoms with Crippen LogP contribution in [-0.2, 0) is 4.74 Å². The van der Waals surface area contributed by atoms with Gasteiger partial charge in [0.15, 0.2) is 4.34 Å². The first-order valence-electron chi connectivity index (χ1n) is 5.04. The Labute approximate surface area is 98.8 Å². The van der Waals surface area contributed by atoms with E-state index in [0.717, 1.165) is 41.4 Å². The molecule has 1 rings (SSSR count). The molecule has 1 N–H and O–H groups in total. The van der Waals surface area contributed by atoms with Gasteiger partial charge in [0.25, 0.3) is 0 Å². The van der Waals surface area contributed by atoms with Crippen LogP contribution in [-0.4, -0.2) is 42.3 Å². The predicted octanol–water partition coefficient (Wildman–Crippen LogP) is 1.56. The lowest BCUT2D eigenvalue weighted by atomic mass is 10.6. The highest BCUT2D eigenvalue weighted by atomic mass is 32.2. The van der Waals surface area contributed by atoms with Crippen LogP contribution in [0.25, 0.3) is 0 Å². The number of nitrogens with one attached hydrogen (secondary N) is 1. The van der Waals surface area contributed by atoms with Crippen molar-refractivity contribution in [1.82, 2.24) is 15.5 Å². The van der Waals surface area contributed by atoms with Gasteiger partial charge in [0.1, 0.15) is 5.01 Å². The standard InChI is InChI=1S/C9H17N3OS2/c1-3-13-6-4-10-5-7-14-9-12-11-8(2)15-9/h10H,3-7H2,1-2H3. The molecule has 4 nitrogen and oxygen atoms in total. The van der Waals surface area contributed by atoms with Crippen molar-refractivity contribution in [2.45, 2.75) is 18.2 Å². The third kappa shape index (κ3) is 6.09.